The standard InChI is InChI=1S/C32H48ClN5O3/c1-5-8-27(33)16-15-25-9-6-7-10-29(25)36-30(39)21-34-31(40)23(2)35-32(41)26-13-11-24(12-14-26)22-38(4)28-17-19-37(3)20-18-28/h5,8,11-14,16,23,25,28-29H,6-7,9-10,15,17-22H2,1-4H3,(H,34,40)(H,35,41)(H,36,39)/b8-5-,27-16+/t23?,25?,29-/m1/s1. The van der Waals surface area contributed by atoms with Crippen molar-refractivity contribution < 1.29 is 14.4 Å². The molecule has 1 aromatic carbocycles. The third kappa shape index (κ3) is 10.9. The first-order valence-electron chi connectivity index (χ1n) is 15.0. The van der Waals surface area contributed by atoms with Crippen LogP contribution in [0.2, 0.25) is 0 Å². The van der Waals surface area contributed by atoms with Gasteiger partial charge in [-0.2, -0.15) is 0 Å². The molecule has 3 N–H and O–H groups in total. The van der Waals surface area contributed by atoms with Crippen LogP contribution in [0.25, 0.3) is 0 Å². The Kier molecular flexibility index (Phi) is 13.4. The van der Waals surface area contributed by atoms with E-state index < -0.39 is 11.9 Å². The summed E-state index contributed by atoms with van der Waals surface area (Å²) in [5.74, 6) is -0.618. The maximum absolute atomic E-state index is 12.8. The van der Waals surface area contributed by atoms with Gasteiger partial charge in [0.1, 0.15) is 6.04 Å². The number of rotatable bonds is 12. The van der Waals surface area contributed by atoms with E-state index in [-0.39, 0.29) is 24.4 Å². The molecule has 0 bridgehead atoms. The van der Waals surface area contributed by atoms with E-state index in [1.54, 1.807) is 19.1 Å². The number of nitrogens with one attached hydrogen (secondary N) is 3. The van der Waals surface area contributed by atoms with E-state index in [4.69, 9.17) is 11.6 Å². The van der Waals surface area contributed by atoms with Crippen LogP contribution in [0.3, 0.4) is 0 Å². The fourth-order valence-corrected chi connectivity index (χ4v) is 5.92. The van der Waals surface area contributed by atoms with E-state index in [1.165, 1.54) is 12.8 Å². The molecule has 3 amide bonds. The highest BCUT2D eigenvalue weighted by Gasteiger charge is 2.26. The number of amides is 3. The first kappa shape index (κ1) is 32.8. The number of halogens is 1. The zero-order chi connectivity index (χ0) is 29.8. The molecule has 1 heterocycles. The first-order chi connectivity index (χ1) is 19.7. The van der Waals surface area contributed by atoms with Crippen molar-refractivity contribution in [2.75, 3.05) is 33.7 Å². The molecule has 41 heavy (non-hydrogen) atoms. The predicted octanol–water partition coefficient (Wildman–Crippen LogP) is 4.21. The second kappa shape index (κ2) is 16.7. The Morgan fingerprint density at radius 3 is 2.46 bits per heavy atom. The van der Waals surface area contributed by atoms with Gasteiger partial charge in [0.05, 0.1) is 6.54 Å². The highest BCUT2D eigenvalue weighted by Crippen LogP contribution is 2.28. The molecule has 1 aliphatic carbocycles. The summed E-state index contributed by atoms with van der Waals surface area (Å²) >= 11 is 6.20. The fraction of sp³-hybridized carbons (Fsp3) is 0.594. The van der Waals surface area contributed by atoms with Crippen LogP contribution in [-0.2, 0) is 16.1 Å². The lowest BCUT2D eigenvalue weighted by Gasteiger charge is -2.35. The van der Waals surface area contributed by atoms with Crippen LogP contribution in [0.1, 0.15) is 74.7 Å². The van der Waals surface area contributed by atoms with E-state index >= 15 is 0 Å². The summed E-state index contributed by atoms with van der Waals surface area (Å²) in [7, 11) is 4.32. The molecule has 2 unspecified atom stereocenters. The quantitative estimate of drug-likeness (QED) is 0.320. The fourth-order valence-electron chi connectivity index (χ4n) is 5.71. The van der Waals surface area contributed by atoms with Crippen LogP contribution < -0.4 is 16.0 Å². The molecule has 3 atom stereocenters. The van der Waals surface area contributed by atoms with Gasteiger partial charge in [0.2, 0.25) is 11.8 Å². The van der Waals surface area contributed by atoms with Crippen molar-refractivity contribution in [3.63, 3.8) is 0 Å². The van der Waals surface area contributed by atoms with Gasteiger partial charge in [-0.1, -0.05) is 48.7 Å². The van der Waals surface area contributed by atoms with Crippen molar-refractivity contribution in [3.05, 3.63) is 58.7 Å². The van der Waals surface area contributed by atoms with Gasteiger partial charge in [-0.25, -0.2) is 0 Å². The Labute approximate surface area is 250 Å². The molecule has 0 radical (unpaired) electrons. The number of allylic oxidation sites excluding steroid dienone is 4. The van der Waals surface area contributed by atoms with Gasteiger partial charge in [-0.05, 0) is 103 Å². The summed E-state index contributed by atoms with van der Waals surface area (Å²) in [6.45, 7) is 6.49. The molecule has 3 rings (SSSR count). The van der Waals surface area contributed by atoms with Gasteiger partial charge in [0, 0.05) is 29.2 Å². The predicted molar refractivity (Wildman–Crippen MR) is 166 cm³/mol. The van der Waals surface area contributed by atoms with E-state index in [0.717, 1.165) is 57.3 Å². The maximum Gasteiger partial charge on any atom is 0.251 e. The molecule has 1 aromatic rings. The molecular formula is C32H48ClN5O3. The SMILES string of the molecule is C/C=C\C(Cl)=C/CC1CCCC[C@H]1NC(=O)CNC(=O)C(C)NC(=O)c1ccc(CN(C)C2CCN(C)CC2)cc1. The second-order valence-corrected chi connectivity index (χ2v) is 12.0. The van der Waals surface area contributed by atoms with E-state index in [2.05, 4.69) is 39.8 Å². The van der Waals surface area contributed by atoms with E-state index in [0.29, 0.717) is 22.6 Å². The monoisotopic (exact) mass is 585 g/mol. The van der Waals surface area contributed by atoms with Gasteiger partial charge >= 0.3 is 0 Å². The van der Waals surface area contributed by atoms with E-state index in [9.17, 15) is 14.4 Å². The smallest absolute Gasteiger partial charge is 0.251 e. The lowest BCUT2D eigenvalue weighted by atomic mass is 9.82. The number of nitrogens with zero attached hydrogens (tertiary/aromatic N) is 2. The number of hydrogen-bond acceptors (Lipinski definition) is 5. The number of carbonyl (C=O) groups excluding carboxylic acids is 3. The zero-order valence-electron chi connectivity index (χ0n) is 25.1. The summed E-state index contributed by atoms with van der Waals surface area (Å²) in [4.78, 5) is 42.7. The molecule has 0 spiro atoms. The molecule has 1 saturated carbocycles. The Hall–Kier alpha value is -2.68. The molecule has 9 heteroatoms. The number of benzene rings is 1. The lowest BCUT2D eigenvalue weighted by Crippen LogP contribution is -2.50. The largest absolute Gasteiger partial charge is 0.352 e. The summed E-state index contributed by atoms with van der Waals surface area (Å²) in [5.41, 5.74) is 1.65. The van der Waals surface area contributed by atoms with Gasteiger partial charge in [-0.15, -0.1) is 0 Å². The van der Waals surface area contributed by atoms with Crippen molar-refractivity contribution in [1.29, 1.82) is 0 Å². The first-order valence-corrected chi connectivity index (χ1v) is 15.4. The number of piperidine rings is 1. The Bertz CT molecular complexity index is 1070. The summed E-state index contributed by atoms with van der Waals surface area (Å²) < 4.78 is 0. The summed E-state index contributed by atoms with van der Waals surface area (Å²) in [5, 5.41) is 9.19. The third-order valence-corrected chi connectivity index (χ3v) is 8.60. The molecule has 226 valence electrons. The average Bonchev–Trinajstić information content (AvgIpc) is 2.96. The number of likely N-dealkylation sites (tertiary alicyclic amines) is 1. The third-order valence-electron chi connectivity index (χ3n) is 8.32. The van der Waals surface area contributed by atoms with Gasteiger partial charge in [0.15, 0.2) is 0 Å². The highest BCUT2D eigenvalue weighted by atomic mass is 35.5. The van der Waals surface area contributed by atoms with Gasteiger partial charge < -0.3 is 20.9 Å². The summed E-state index contributed by atoms with van der Waals surface area (Å²) in [6, 6.07) is 7.40. The van der Waals surface area contributed by atoms with Crippen LogP contribution in [0, 0.1) is 5.92 Å². The van der Waals surface area contributed by atoms with Gasteiger partial charge in [-0.3, -0.25) is 19.3 Å². The summed E-state index contributed by atoms with van der Waals surface area (Å²) in [6.07, 6.45) is 13.1. The Balaban J connectivity index is 1.41. The van der Waals surface area contributed by atoms with Crippen molar-refractivity contribution in [2.24, 2.45) is 5.92 Å². The molecule has 1 saturated heterocycles. The van der Waals surface area contributed by atoms with Crippen LogP contribution in [0.5, 0.6) is 0 Å². The van der Waals surface area contributed by atoms with Gasteiger partial charge in [0.25, 0.3) is 5.91 Å². The normalized spacial score (nSPS) is 21.6. The average molecular weight is 586 g/mol. The minimum atomic E-state index is -0.771. The van der Waals surface area contributed by atoms with E-state index in [1.807, 2.05) is 37.3 Å². The molecule has 2 fully saturated rings. The van der Waals surface area contributed by atoms with Crippen molar-refractivity contribution in [1.82, 2.24) is 25.8 Å². The molecule has 1 aliphatic heterocycles. The maximum atomic E-state index is 12.8. The topological polar surface area (TPSA) is 93.8 Å². The molecule has 2 aliphatic rings. The second-order valence-electron chi connectivity index (χ2n) is 11.6. The minimum Gasteiger partial charge on any atom is -0.352 e. The number of hydrogen-bond donors (Lipinski definition) is 3. The lowest BCUT2D eigenvalue weighted by molar-refractivity contribution is -0.127. The van der Waals surface area contributed by atoms with Crippen molar-refractivity contribution >= 4 is 29.3 Å². The minimum absolute atomic E-state index is 0.0590. The van der Waals surface area contributed by atoms with Crippen LogP contribution in [0.4, 0.5) is 0 Å². The van der Waals surface area contributed by atoms with Crippen LogP contribution in [-0.4, -0.2) is 79.4 Å². The number of carbonyl (C=O) groups is 3. The molecular weight excluding hydrogens is 538 g/mol. The highest BCUT2D eigenvalue weighted by molar-refractivity contribution is 6.31. The van der Waals surface area contributed by atoms with Crippen molar-refractivity contribution in [2.45, 2.75) is 83.5 Å². The van der Waals surface area contributed by atoms with Crippen LogP contribution >= 0.6 is 11.6 Å². The Morgan fingerprint density at radius 2 is 1.78 bits per heavy atom. The Morgan fingerprint density at radius 1 is 1.10 bits per heavy atom. The van der Waals surface area contributed by atoms with Crippen LogP contribution in [0.15, 0.2) is 47.5 Å². The molecule has 0 aromatic heterocycles. The van der Waals surface area contributed by atoms with Crippen molar-refractivity contribution in [3.8, 4) is 0 Å². The molecule has 8 nitrogen and oxygen atoms in total. The zero-order valence-corrected chi connectivity index (χ0v) is 25.9.